The molecule has 0 bridgehead atoms. The molecule has 5 nitrogen and oxygen atoms in total. The second-order valence-electron chi connectivity index (χ2n) is 5.55. The van der Waals surface area contributed by atoms with Gasteiger partial charge in [-0.05, 0) is 32.9 Å². The van der Waals surface area contributed by atoms with Gasteiger partial charge >= 0.3 is 0 Å². The van der Waals surface area contributed by atoms with Crippen molar-refractivity contribution in [3.8, 4) is 0 Å². The molecule has 0 aliphatic carbocycles. The zero-order chi connectivity index (χ0) is 15.9. The van der Waals surface area contributed by atoms with Crippen molar-refractivity contribution in [1.82, 2.24) is 15.1 Å². The van der Waals surface area contributed by atoms with Gasteiger partial charge in [0.05, 0.1) is 17.3 Å². The van der Waals surface area contributed by atoms with E-state index in [1.807, 2.05) is 58.2 Å². The fraction of sp³-hybridized carbons (Fsp3) is 0.294. The van der Waals surface area contributed by atoms with E-state index in [2.05, 4.69) is 10.4 Å². The van der Waals surface area contributed by atoms with E-state index in [9.17, 15) is 4.79 Å². The Labute approximate surface area is 128 Å². The summed E-state index contributed by atoms with van der Waals surface area (Å²) in [4.78, 5) is 12.5. The van der Waals surface area contributed by atoms with Gasteiger partial charge in [-0.1, -0.05) is 18.2 Å². The molecule has 0 saturated carbocycles. The Hall–Kier alpha value is -2.56. The summed E-state index contributed by atoms with van der Waals surface area (Å²) in [5, 5.41) is 8.30. The predicted octanol–water partition coefficient (Wildman–Crippen LogP) is 3.27. The van der Waals surface area contributed by atoms with Gasteiger partial charge in [0.15, 0.2) is 0 Å². The molecule has 114 valence electrons. The Kier molecular flexibility index (Phi) is 3.48. The van der Waals surface area contributed by atoms with Crippen LogP contribution >= 0.6 is 0 Å². The summed E-state index contributed by atoms with van der Waals surface area (Å²) >= 11 is 0. The number of nitrogens with one attached hydrogen (secondary N) is 1. The molecule has 1 unspecified atom stereocenters. The maximum atomic E-state index is 12.5. The number of para-hydroxylation sites is 1. The maximum Gasteiger partial charge on any atom is 0.255 e. The minimum Gasteiger partial charge on any atom is -0.459 e. The summed E-state index contributed by atoms with van der Waals surface area (Å²) in [6.45, 7) is 5.64. The lowest BCUT2D eigenvalue weighted by Crippen LogP contribution is -2.27. The van der Waals surface area contributed by atoms with Gasteiger partial charge < -0.3 is 9.73 Å². The van der Waals surface area contributed by atoms with Gasteiger partial charge in [-0.3, -0.25) is 9.48 Å². The van der Waals surface area contributed by atoms with Gasteiger partial charge in [0.25, 0.3) is 5.91 Å². The minimum absolute atomic E-state index is 0.129. The number of furan rings is 1. The van der Waals surface area contributed by atoms with Crippen LogP contribution in [0.4, 0.5) is 0 Å². The molecule has 1 aromatic carbocycles. The third kappa shape index (κ3) is 2.39. The molecule has 1 N–H and O–H groups in total. The van der Waals surface area contributed by atoms with Gasteiger partial charge in [-0.15, -0.1) is 0 Å². The van der Waals surface area contributed by atoms with Crippen LogP contribution < -0.4 is 5.32 Å². The third-order valence-electron chi connectivity index (χ3n) is 3.96. The van der Waals surface area contributed by atoms with Crippen LogP contribution in [-0.4, -0.2) is 15.7 Å². The lowest BCUT2D eigenvalue weighted by atomic mass is 10.1. The molecule has 0 fully saturated rings. The topological polar surface area (TPSA) is 60.1 Å². The molecule has 0 saturated heterocycles. The number of carbonyl (C=O) groups is 1. The van der Waals surface area contributed by atoms with Crippen LogP contribution in [0, 0.1) is 13.8 Å². The molecule has 1 amide bonds. The Bertz CT molecular complexity index is 812. The number of nitrogens with zero attached hydrogens (tertiary/aromatic N) is 2. The highest BCUT2D eigenvalue weighted by Crippen LogP contribution is 2.24. The number of hydrogen-bond donors (Lipinski definition) is 1. The molecule has 22 heavy (non-hydrogen) atoms. The third-order valence-corrected chi connectivity index (χ3v) is 3.96. The van der Waals surface area contributed by atoms with E-state index in [1.54, 1.807) is 4.68 Å². The van der Waals surface area contributed by atoms with E-state index >= 15 is 0 Å². The standard InChI is InChI=1S/C17H19N3O2/c1-10(15-9-13-7-5-6-8-14(13)22-15)18-17(21)16-11(2)19-20(4)12(16)3/h5-10H,1-4H3,(H,18,21). The van der Waals surface area contributed by atoms with Crippen LogP contribution in [-0.2, 0) is 7.05 Å². The molecule has 0 radical (unpaired) electrons. The van der Waals surface area contributed by atoms with Gasteiger partial charge in [0, 0.05) is 18.1 Å². The first-order valence-electron chi connectivity index (χ1n) is 7.27. The lowest BCUT2D eigenvalue weighted by molar-refractivity contribution is 0.0934. The molecule has 0 spiro atoms. The number of fused-ring (bicyclic) bond motifs is 1. The molecule has 0 aliphatic rings. The summed E-state index contributed by atoms with van der Waals surface area (Å²) in [5.41, 5.74) is 3.04. The van der Waals surface area contributed by atoms with Gasteiger partial charge in [-0.2, -0.15) is 5.10 Å². The van der Waals surface area contributed by atoms with Gasteiger partial charge in [-0.25, -0.2) is 0 Å². The van der Waals surface area contributed by atoms with E-state index in [0.717, 1.165) is 28.1 Å². The molecule has 5 heteroatoms. The molecule has 3 rings (SSSR count). The summed E-state index contributed by atoms with van der Waals surface area (Å²) in [6, 6.07) is 9.56. The van der Waals surface area contributed by atoms with Crippen molar-refractivity contribution in [2.24, 2.45) is 7.05 Å². The van der Waals surface area contributed by atoms with Gasteiger partial charge in [0.2, 0.25) is 0 Å². The summed E-state index contributed by atoms with van der Waals surface area (Å²) in [6.07, 6.45) is 0. The van der Waals surface area contributed by atoms with Crippen LogP contribution in [0.1, 0.15) is 40.5 Å². The SMILES string of the molecule is Cc1nn(C)c(C)c1C(=O)NC(C)c1cc2ccccc2o1. The van der Waals surface area contributed by atoms with Crippen molar-refractivity contribution in [3.63, 3.8) is 0 Å². The number of aryl methyl sites for hydroxylation is 2. The maximum absolute atomic E-state index is 12.5. The van der Waals surface area contributed by atoms with Crippen molar-refractivity contribution >= 4 is 16.9 Å². The number of amides is 1. The largest absolute Gasteiger partial charge is 0.459 e. The van der Waals surface area contributed by atoms with Crippen molar-refractivity contribution in [2.45, 2.75) is 26.8 Å². The van der Waals surface area contributed by atoms with E-state index in [-0.39, 0.29) is 11.9 Å². The average Bonchev–Trinajstić information content (AvgIpc) is 3.00. The van der Waals surface area contributed by atoms with E-state index in [1.165, 1.54) is 0 Å². The molecule has 2 heterocycles. The van der Waals surface area contributed by atoms with Crippen LogP contribution in [0.5, 0.6) is 0 Å². The van der Waals surface area contributed by atoms with Crippen molar-refractivity contribution in [1.29, 1.82) is 0 Å². The number of rotatable bonds is 3. The normalized spacial score (nSPS) is 12.5. The van der Waals surface area contributed by atoms with Crippen LogP contribution in [0.2, 0.25) is 0 Å². The number of carbonyl (C=O) groups excluding carboxylic acids is 1. The van der Waals surface area contributed by atoms with Gasteiger partial charge in [0.1, 0.15) is 11.3 Å². The molecular formula is C17H19N3O2. The molecule has 1 atom stereocenters. The van der Waals surface area contributed by atoms with Crippen LogP contribution in [0.25, 0.3) is 11.0 Å². The quantitative estimate of drug-likeness (QED) is 0.807. The Morgan fingerprint density at radius 2 is 2.05 bits per heavy atom. The smallest absolute Gasteiger partial charge is 0.255 e. The lowest BCUT2D eigenvalue weighted by Gasteiger charge is -2.11. The average molecular weight is 297 g/mol. The highest BCUT2D eigenvalue weighted by Gasteiger charge is 2.20. The zero-order valence-electron chi connectivity index (χ0n) is 13.2. The number of benzene rings is 1. The minimum atomic E-state index is -0.209. The second kappa shape index (κ2) is 5.33. The summed E-state index contributed by atoms with van der Waals surface area (Å²) in [5.74, 6) is 0.616. The Morgan fingerprint density at radius 1 is 1.32 bits per heavy atom. The van der Waals surface area contributed by atoms with E-state index in [4.69, 9.17) is 4.42 Å². The first-order valence-corrected chi connectivity index (χ1v) is 7.27. The Balaban J connectivity index is 1.84. The van der Waals surface area contributed by atoms with E-state index < -0.39 is 0 Å². The van der Waals surface area contributed by atoms with Crippen molar-refractivity contribution in [3.05, 3.63) is 53.0 Å². The molecule has 3 aromatic rings. The molecule has 2 aromatic heterocycles. The van der Waals surface area contributed by atoms with Crippen LogP contribution in [0.15, 0.2) is 34.7 Å². The van der Waals surface area contributed by atoms with E-state index in [0.29, 0.717) is 5.56 Å². The number of hydrogen-bond acceptors (Lipinski definition) is 3. The fourth-order valence-electron chi connectivity index (χ4n) is 2.66. The highest BCUT2D eigenvalue weighted by molar-refractivity contribution is 5.96. The molecular weight excluding hydrogens is 278 g/mol. The predicted molar refractivity (Wildman–Crippen MR) is 84.8 cm³/mol. The first-order chi connectivity index (χ1) is 10.5. The van der Waals surface area contributed by atoms with Crippen LogP contribution in [0.3, 0.4) is 0 Å². The zero-order valence-corrected chi connectivity index (χ0v) is 13.2. The van der Waals surface area contributed by atoms with Crippen molar-refractivity contribution in [2.75, 3.05) is 0 Å². The Morgan fingerprint density at radius 3 is 2.68 bits per heavy atom. The summed E-state index contributed by atoms with van der Waals surface area (Å²) in [7, 11) is 1.84. The number of aromatic nitrogens is 2. The summed E-state index contributed by atoms with van der Waals surface area (Å²) < 4.78 is 7.52. The first kappa shape index (κ1) is 14.4. The van der Waals surface area contributed by atoms with Crippen molar-refractivity contribution < 1.29 is 9.21 Å². The fourth-order valence-corrected chi connectivity index (χ4v) is 2.66. The molecule has 0 aliphatic heterocycles. The second-order valence-corrected chi connectivity index (χ2v) is 5.55. The monoisotopic (exact) mass is 297 g/mol. The highest BCUT2D eigenvalue weighted by atomic mass is 16.3.